The first-order valence-electron chi connectivity index (χ1n) is 12.9. The number of benzene rings is 1. The van der Waals surface area contributed by atoms with Crippen molar-refractivity contribution in [2.45, 2.75) is 82.6 Å². The Labute approximate surface area is 203 Å². The van der Waals surface area contributed by atoms with Crippen LogP contribution in [0.4, 0.5) is 0 Å². The number of hydrogen-bond donors (Lipinski definition) is 1. The first kappa shape index (κ1) is 23.3. The number of esters is 1. The number of carbonyl (C=O) groups is 2. The number of ether oxygens (including phenoxy) is 2. The number of fused-ring (bicyclic) bond motifs is 2. The summed E-state index contributed by atoms with van der Waals surface area (Å²) in [6.07, 6.45) is 13.5. The van der Waals surface area contributed by atoms with Crippen LogP contribution in [0.25, 0.3) is 0 Å². The van der Waals surface area contributed by atoms with Crippen molar-refractivity contribution >= 4 is 11.9 Å². The fourth-order valence-corrected chi connectivity index (χ4v) is 6.71. The highest BCUT2D eigenvalue weighted by Crippen LogP contribution is 2.63. The summed E-state index contributed by atoms with van der Waals surface area (Å²) in [6.45, 7) is 6.59. The maximum Gasteiger partial charge on any atom is 0.331 e. The van der Waals surface area contributed by atoms with Crippen molar-refractivity contribution in [2.75, 3.05) is 0 Å². The van der Waals surface area contributed by atoms with Crippen LogP contribution in [0.5, 0.6) is 0 Å². The molecule has 4 aliphatic rings. The summed E-state index contributed by atoms with van der Waals surface area (Å²) in [4.78, 5) is 26.9. The Balaban J connectivity index is 1.56. The van der Waals surface area contributed by atoms with Gasteiger partial charge < -0.3 is 14.8 Å². The SMILES string of the molecule is C[C@H]1C/C=C/[C@H]2[C@@H]3O[C@]3(C)[C@@H](C)[C@H]3[C@H](Cc4ccccc4)NC(=O)[C@]32OC(=O)/C=C/CCCC1. The van der Waals surface area contributed by atoms with E-state index in [0.717, 1.165) is 37.7 Å². The zero-order chi connectivity index (χ0) is 23.9. The minimum Gasteiger partial charge on any atom is -0.445 e. The number of carbonyl (C=O) groups excluding carboxylic acids is 2. The van der Waals surface area contributed by atoms with Gasteiger partial charge in [-0.25, -0.2) is 4.79 Å². The Morgan fingerprint density at radius 3 is 2.68 bits per heavy atom. The number of allylic oxidation sites excluding steroid dienone is 2. The molecule has 5 nitrogen and oxygen atoms in total. The molecule has 8 atom stereocenters. The van der Waals surface area contributed by atoms with E-state index in [1.54, 1.807) is 0 Å². The molecule has 34 heavy (non-hydrogen) atoms. The number of amides is 1. The molecular weight excluding hydrogens is 426 g/mol. The lowest BCUT2D eigenvalue weighted by atomic mass is 9.59. The highest BCUT2D eigenvalue weighted by Gasteiger charge is 2.78. The molecule has 1 saturated carbocycles. The summed E-state index contributed by atoms with van der Waals surface area (Å²) in [5.74, 6) is -0.451. The standard InChI is InChI=1S/C29H37NO4/c1-19-12-7-4-5-10-17-24(31)33-29-22(16-11-13-19)26-28(3,34-26)20(2)25(29)23(30-27(29)32)18-21-14-8-6-9-15-21/h6,8-11,14-17,19-20,22-23,25-26H,4-5,7,12-13,18H2,1-3H3,(H,30,32)/b16-11+,17-10+/t19-,20+,22+,23+,25+,26+,28-,29-/m1/s1. The molecule has 3 aliphatic heterocycles. The van der Waals surface area contributed by atoms with E-state index in [0.29, 0.717) is 12.3 Å². The third-order valence-corrected chi connectivity index (χ3v) is 8.77. The molecule has 2 saturated heterocycles. The number of hydrogen-bond acceptors (Lipinski definition) is 4. The van der Waals surface area contributed by atoms with Gasteiger partial charge in [-0.05, 0) is 50.0 Å². The summed E-state index contributed by atoms with van der Waals surface area (Å²) in [5, 5.41) is 3.26. The summed E-state index contributed by atoms with van der Waals surface area (Å²) in [5.41, 5.74) is -0.414. The number of rotatable bonds is 2. The molecule has 1 amide bonds. The zero-order valence-electron chi connectivity index (χ0n) is 20.5. The van der Waals surface area contributed by atoms with Gasteiger partial charge in [-0.1, -0.05) is 75.2 Å². The van der Waals surface area contributed by atoms with Crippen molar-refractivity contribution < 1.29 is 19.1 Å². The molecule has 0 radical (unpaired) electrons. The predicted octanol–water partition coefficient (Wildman–Crippen LogP) is 4.76. The minimum absolute atomic E-state index is 0.0596. The quantitative estimate of drug-likeness (QED) is 0.390. The van der Waals surface area contributed by atoms with Crippen LogP contribution < -0.4 is 5.32 Å². The van der Waals surface area contributed by atoms with E-state index < -0.39 is 11.6 Å². The van der Waals surface area contributed by atoms with Crippen molar-refractivity contribution in [3.8, 4) is 0 Å². The highest BCUT2D eigenvalue weighted by atomic mass is 16.6. The van der Waals surface area contributed by atoms with Gasteiger partial charge in [0.2, 0.25) is 5.60 Å². The summed E-state index contributed by atoms with van der Waals surface area (Å²) < 4.78 is 12.6. The fourth-order valence-electron chi connectivity index (χ4n) is 6.71. The monoisotopic (exact) mass is 463 g/mol. The van der Waals surface area contributed by atoms with Gasteiger partial charge in [0.05, 0.1) is 17.6 Å². The molecular formula is C29H37NO4. The van der Waals surface area contributed by atoms with E-state index in [-0.39, 0.29) is 41.4 Å². The molecule has 5 rings (SSSR count). The molecule has 0 bridgehead atoms. The van der Waals surface area contributed by atoms with Gasteiger partial charge in [0.15, 0.2) is 0 Å². The minimum atomic E-state index is -1.26. The predicted molar refractivity (Wildman–Crippen MR) is 131 cm³/mol. The molecule has 1 spiro atoms. The van der Waals surface area contributed by atoms with Crippen molar-refractivity contribution in [2.24, 2.45) is 23.7 Å². The summed E-state index contributed by atoms with van der Waals surface area (Å²) in [7, 11) is 0. The molecule has 3 heterocycles. The van der Waals surface area contributed by atoms with E-state index in [1.807, 2.05) is 24.3 Å². The summed E-state index contributed by atoms with van der Waals surface area (Å²) in [6, 6.07) is 10.1. The zero-order valence-corrected chi connectivity index (χ0v) is 20.5. The molecule has 3 fully saturated rings. The Morgan fingerprint density at radius 1 is 1.09 bits per heavy atom. The average Bonchev–Trinajstić information content (AvgIpc) is 3.43. The Hall–Kier alpha value is -2.40. The number of nitrogens with one attached hydrogen (secondary N) is 1. The van der Waals surface area contributed by atoms with Gasteiger partial charge in [0.1, 0.15) is 0 Å². The lowest BCUT2D eigenvalue weighted by molar-refractivity contribution is -0.177. The topological polar surface area (TPSA) is 67.9 Å². The smallest absolute Gasteiger partial charge is 0.331 e. The third kappa shape index (κ3) is 3.92. The summed E-state index contributed by atoms with van der Waals surface area (Å²) >= 11 is 0. The second-order valence-corrected chi connectivity index (χ2v) is 11.0. The molecule has 1 N–H and O–H groups in total. The second kappa shape index (κ2) is 8.99. The van der Waals surface area contributed by atoms with Crippen LogP contribution in [0.3, 0.4) is 0 Å². The Bertz CT molecular complexity index is 987. The van der Waals surface area contributed by atoms with Gasteiger partial charge in [-0.2, -0.15) is 0 Å². The van der Waals surface area contributed by atoms with Crippen LogP contribution >= 0.6 is 0 Å². The first-order chi connectivity index (χ1) is 16.4. The fraction of sp³-hybridized carbons (Fsp3) is 0.586. The van der Waals surface area contributed by atoms with Crippen LogP contribution in [-0.4, -0.2) is 35.2 Å². The van der Waals surface area contributed by atoms with Gasteiger partial charge in [0.25, 0.3) is 5.91 Å². The molecule has 0 aromatic heterocycles. The van der Waals surface area contributed by atoms with E-state index in [1.165, 1.54) is 6.08 Å². The largest absolute Gasteiger partial charge is 0.445 e. The number of epoxide rings is 1. The van der Waals surface area contributed by atoms with Gasteiger partial charge in [-0.3, -0.25) is 4.79 Å². The lowest BCUT2D eigenvalue weighted by Gasteiger charge is -2.45. The molecule has 182 valence electrons. The van der Waals surface area contributed by atoms with E-state index >= 15 is 0 Å². The van der Waals surface area contributed by atoms with E-state index in [4.69, 9.17) is 9.47 Å². The molecule has 1 aliphatic carbocycles. The van der Waals surface area contributed by atoms with E-state index in [9.17, 15) is 9.59 Å². The van der Waals surface area contributed by atoms with Gasteiger partial charge >= 0.3 is 5.97 Å². The van der Waals surface area contributed by atoms with Crippen LogP contribution in [0.2, 0.25) is 0 Å². The van der Waals surface area contributed by atoms with Crippen LogP contribution in [0.15, 0.2) is 54.6 Å². The maximum atomic E-state index is 13.8. The Kier molecular flexibility index (Phi) is 6.18. The second-order valence-electron chi connectivity index (χ2n) is 11.0. The molecule has 5 heteroatoms. The molecule has 0 unspecified atom stereocenters. The van der Waals surface area contributed by atoms with Crippen LogP contribution in [-0.2, 0) is 25.5 Å². The highest BCUT2D eigenvalue weighted by molar-refractivity contribution is 5.94. The van der Waals surface area contributed by atoms with Gasteiger partial charge in [0, 0.05) is 18.0 Å². The first-order valence-corrected chi connectivity index (χ1v) is 12.9. The van der Waals surface area contributed by atoms with Crippen LogP contribution in [0.1, 0.15) is 58.4 Å². The van der Waals surface area contributed by atoms with Crippen molar-refractivity contribution in [1.82, 2.24) is 5.32 Å². The van der Waals surface area contributed by atoms with Crippen molar-refractivity contribution in [3.63, 3.8) is 0 Å². The molecule has 1 aromatic rings. The third-order valence-electron chi connectivity index (χ3n) is 8.77. The Morgan fingerprint density at radius 2 is 1.88 bits per heavy atom. The van der Waals surface area contributed by atoms with Crippen molar-refractivity contribution in [3.05, 3.63) is 60.2 Å². The van der Waals surface area contributed by atoms with E-state index in [2.05, 4.69) is 50.4 Å². The average molecular weight is 464 g/mol. The maximum absolute atomic E-state index is 13.8. The van der Waals surface area contributed by atoms with Crippen molar-refractivity contribution in [1.29, 1.82) is 0 Å². The van der Waals surface area contributed by atoms with Crippen LogP contribution in [0, 0.1) is 23.7 Å². The van der Waals surface area contributed by atoms with Gasteiger partial charge in [-0.15, -0.1) is 0 Å². The lowest BCUT2D eigenvalue weighted by Crippen LogP contribution is -2.61. The molecule has 1 aromatic carbocycles. The normalized spacial score (nSPS) is 43.9.